The number of benzene rings is 2. The largest absolute Gasteiger partial charge is 0.488 e. The molecule has 0 spiro atoms. The average Bonchev–Trinajstić information content (AvgIpc) is 2.82. The highest BCUT2D eigenvalue weighted by atomic mass is 35.5. The Morgan fingerprint density at radius 1 is 1.20 bits per heavy atom. The van der Waals surface area contributed by atoms with Gasteiger partial charge in [0.1, 0.15) is 11.9 Å². The molecule has 20 heavy (non-hydrogen) atoms. The van der Waals surface area contributed by atoms with E-state index >= 15 is 0 Å². The van der Waals surface area contributed by atoms with Crippen LogP contribution in [0.4, 0.5) is 0 Å². The molecule has 0 unspecified atom stereocenters. The van der Waals surface area contributed by atoms with Crippen LogP contribution in [0.15, 0.2) is 36.4 Å². The van der Waals surface area contributed by atoms with Gasteiger partial charge in [-0.05, 0) is 24.7 Å². The van der Waals surface area contributed by atoms with Gasteiger partial charge < -0.3 is 10.1 Å². The second kappa shape index (κ2) is 5.65. The van der Waals surface area contributed by atoms with Crippen molar-refractivity contribution in [2.75, 3.05) is 13.6 Å². The normalized spacial score (nSPS) is 16.9. The van der Waals surface area contributed by atoms with Crippen molar-refractivity contribution in [2.24, 2.45) is 0 Å². The van der Waals surface area contributed by atoms with Crippen molar-refractivity contribution in [1.82, 2.24) is 5.32 Å². The first-order chi connectivity index (χ1) is 9.69. The Balaban J connectivity index is 2.03. The van der Waals surface area contributed by atoms with E-state index in [0.717, 1.165) is 29.8 Å². The summed E-state index contributed by atoms with van der Waals surface area (Å²) in [6.45, 7) is 0.836. The van der Waals surface area contributed by atoms with Gasteiger partial charge in [-0.2, -0.15) is 0 Å². The molecule has 0 amide bonds. The Hall–Kier alpha value is -1.22. The second-order valence-electron chi connectivity index (χ2n) is 4.92. The summed E-state index contributed by atoms with van der Waals surface area (Å²) >= 11 is 12.3. The number of nitrogens with one attached hydrogen (secondary N) is 1. The molecule has 0 radical (unpaired) electrons. The van der Waals surface area contributed by atoms with Crippen LogP contribution in [0.1, 0.15) is 5.56 Å². The first-order valence-corrected chi connectivity index (χ1v) is 7.33. The van der Waals surface area contributed by atoms with Gasteiger partial charge in [-0.3, -0.25) is 0 Å². The molecular weight excluding hydrogens is 293 g/mol. The van der Waals surface area contributed by atoms with Gasteiger partial charge in [-0.1, -0.05) is 47.5 Å². The van der Waals surface area contributed by atoms with E-state index in [4.69, 9.17) is 27.9 Å². The molecular formula is C16H15Cl2NO. The fraction of sp³-hybridized carbons (Fsp3) is 0.250. The summed E-state index contributed by atoms with van der Waals surface area (Å²) in [6, 6.07) is 11.7. The van der Waals surface area contributed by atoms with Crippen LogP contribution in [-0.4, -0.2) is 19.7 Å². The highest BCUT2D eigenvalue weighted by Crippen LogP contribution is 2.41. The van der Waals surface area contributed by atoms with E-state index in [1.807, 2.05) is 31.3 Å². The zero-order valence-corrected chi connectivity index (χ0v) is 12.6. The topological polar surface area (TPSA) is 21.3 Å². The van der Waals surface area contributed by atoms with E-state index in [-0.39, 0.29) is 6.10 Å². The highest BCUT2D eigenvalue weighted by molar-refractivity contribution is 6.36. The van der Waals surface area contributed by atoms with E-state index < -0.39 is 0 Å². The standard InChI is InChI=1S/C16H15Cl2NO/c1-19-9-12-7-10-3-2-4-14(16(10)20-12)13-6-5-11(17)8-15(13)18/h2-6,8,12,19H,7,9H2,1H3/t12-/m0/s1. The molecule has 2 aromatic carbocycles. The Bertz CT molecular complexity index is 642. The Kier molecular flexibility index (Phi) is 3.88. The van der Waals surface area contributed by atoms with Gasteiger partial charge in [0.2, 0.25) is 0 Å². The van der Waals surface area contributed by atoms with Gasteiger partial charge in [0.05, 0.1) is 5.02 Å². The van der Waals surface area contributed by atoms with Crippen molar-refractivity contribution in [3.05, 3.63) is 52.0 Å². The summed E-state index contributed by atoms with van der Waals surface area (Å²) in [5, 5.41) is 4.44. The van der Waals surface area contributed by atoms with Gasteiger partial charge >= 0.3 is 0 Å². The first-order valence-electron chi connectivity index (χ1n) is 6.57. The van der Waals surface area contributed by atoms with Gasteiger partial charge in [0, 0.05) is 29.1 Å². The molecule has 1 aliphatic rings. The zero-order chi connectivity index (χ0) is 14.1. The molecule has 0 aliphatic carbocycles. The minimum absolute atomic E-state index is 0.183. The van der Waals surface area contributed by atoms with E-state index in [9.17, 15) is 0 Å². The van der Waals surface area contributed by atoms with Gasteiger partial charge in [-0.15, -0.1) is 0 Å². The summed E-state index contributed by atoms with van der Waals surface area (Å²) in [6.07, 6.45) is 1.11. The molecule has 104 valence electrons. The number of halogens is 2. The molecule has 1 atom stereocenters. The van der Waals surface area contributed by atoms with Crippen LogP contribution < -0.4 is 10.1 Å². The van der Waals surface area contributed by atoms with Gasteiger partial charge in [-0.25, -0.2) is 0 Å². The molecule has 0 bridgehead atoms. The van der Waals surface area contributed by atoms with Crippen molar-refractivity contribution in [2.45, 2.75) is 12.5 Å². The van der Waals surface area contributed by atoms with Crippen molar-refractivity contribution in [1.29, 1.82) is 0 Å². The summed E-state index contributed by atoms with van der Waals surface area (Å²) in [5.41, 5.74) is 3.22. The molecule has 2 nitrogen and oxygen atoms in total. The maximum absolute atomic E-state index is 6.31. The molecule has 4 heteroatoms. The van der Waals surface area contributed by atoms with E-state index in [1.54, 1.807) is 6.07 Å². The van der Waals surface area contributed by atoms with Crippen molar-refractivity contribution in [3.8, 4) is 16.9 Å². The van der Waals surface area contributed by atoms with Crippen LogP contribution in [0.5, 0.6) is 5.75 Å². The number of ether oxygens (including phenoxy) is 1. The van der Waals surface area contributed by atoms with Crippen LogP contribution in [0.25, 0.3) is 11.1 Å². The maximum atomic E-state index is 6.31. The number of hydrogen-bond acceptors (Lipinski definition) is 2. The number of fused-ring (bicyclic) bond motifs is 1. The third-order valence-electron chi connectivity index (χ3n) is 3.48. The highest BCUT2D eigenvalue weighted by Gasteiger charge is 2.25. The lowest BCUT2D eigenvalue weighted by atomic mass is 10.0. The minimum Gasteiger partial charge on any atom is -0.488 e. The predicted octanol–water partition coefficient (Wildman–Crippen LogP) is 4.18. The predicted molar refractivity (Wildman–Crippen MR) is 83.9 cm³/mol. The zero-order valence-electron chi connectivity index (χ0n) is 11.1. The lowest BCUT2D eigenvalue weighted by Gasteiger charge is -2.13. The van der Waals surface area contributed by atoms with Crippen LogP contribution in [0.3, 0.4) is 0 Å². The lowest BCUT2D eigenvalue weighted by molar-refractivity contribution is 0.232. The molecule has 0 saturated heterocycles. The number of rotatable bonds is 3. The molecule has 0 saturated carbocycles. The van der Waals surface area contributed by atoms with Gasteiger partial charge in [0.25, 0.3) is 0 Å². The van der Waals surface area contributed by atoms with Crippen LogP contribution in [0, 0.1) is 0 Å². The van der Waals surface area contributed by atoms with Crippen LogP contribution >= 0.6 is 23.2 Å². The Morgan fingerprint density at radius 2 is 2.05 bits per heavy atom. The van der Waals surface area contributed by atoms with E-state index in [2.05, 4.69) is 11.4 Å². The molecule has 1 N–H and O–H groups in total. The summed E-state index contributed by atoms with van der Waals surface area (Å²) in [7, 11) is 1.93. The SMILES string of the molecule is CNC[C@@H]1Cc2cccc(-c3ccc(Cl)cc3Cl)c2O1. The third kappa shape index (κ3) is 2.51. The summed E-state index contributed by atoms with van der Waals surface area (Å²) in [5.74, 6) is 0.942. The Morgan fingerprint density at radius 3 is 2.80 bits per heavy atom. The summed E-state index contributed by atoms with van der Waals surface area (Å²) < 4.78 is 6.06. The molecule has 0 aromatic heterocycles. The van der Waals surface area contributed by atoms with E-state index in [1.165, 1.54) is 5.56 Å². The van der Waals surface area contributed by atoms with Crippen LogP contribution in [-0.2, 0) is 6.42 Å². The smallest absolute Gasteiger partial charge is 0.131 e. The minimum atomic E-state index is 0.183. The second-order valence-corrected chi connectivity index (χ2v) is 5.76. The monoisotopic (exact) mass is 307 g/mol. The maximum Gasteiger partial charge on any atom is 0.131 e. The first kappa shape index (κ1) is 13.7. The molecule has 0 fully saturated rings. The van der Waals surface area contributed by atoms with Crippen molar-refractivity contribution < 1.29 is 4.74 Å². The van der Waals surface area contributed by atoms with Crippen molar-refractivity contribution >= 4 is 23.2 Å². The summed E-state index contributed by atoms with van der Waals surface area (Å²) in [4.78, 5) is 0. The van der Waals surface area contributed by atoms with Crippen LogP contribution in [0.2, 0.25) is 10.0 Å². The average molecular weight is 308 g/mol. The molecule has 3 rings (SSSR count). The van der Waals surface area contributed by atoms with Gasteiger partial charge in [0.15, 0.2) is 0 Å². The Labute approximate surface area is 128 Å². The number of hydrogen-bond donors (Lipinski definition) is 1. The fourth-order valence-corrected chi connectivity index (χ4v) is 3.11. The molecule has 2 aromatic rings. The van der Waals surface area contributed by atoms with Crippen molar-refractivity contribution in [3.63, 3.8) is 0 Å². The molecule has 1 heterocycles. The number of para-hydroxylation sites is 1. The molecule has 1 aliphatic heterocycles. The fourth-order valence-electron chi connectivity index (χ4n) is 2.60. The quantitative estimate of drug-likeness (QED) is 0.918. The number of likely N-dealkylation sites (N-methyl/N-ethyl adjacent to an activating group) is 1. The lowest BCUT2D eigenvalue weighted by Crippen LogP contribution is -2.27. The third-order valence-corrected chi connectivity index (χ3v) is 4.03. The van der Waals surface area contributed by atoms with E-state index in [0.29, 0.717) is 10.0 Å².